The molecule has 0 heterocycles. The fourth-order valence-electron chi connectivity index (χ4n) is 1.71. The van der Waals surface area contributed by atoms with E-state index >= 15 is 0 Å². The predicted octanol–water partition coefficient (Wildman–Crippen LogP) is -12.4. The first-order valence-corrected chi connectivity index (χ1v) is 5.26. The molecule has 0 radical (unpaired) electrons. The van der Waals surface area contributed by atoms with Crippen molar-refractivity contribution in [3.05, 3.63) is 34.9 Å². The first kappa shape index (κ1) is 27.4. The van der Waals surface area contributed by atoms with Crippen LogP contribution in [0, 0.1) is 0 Å². The molecule has 102 valence electrons. The van der Waals surface area contributed by atoms with Crippen LogP contribution in [0.1, 0.15) is 26.3 Å². The van der Waals surface area contributed by atoms with Gasteiger partial charge in [0.15, 0.2) is 0 Å². The molecule has 0 aliphatic heterocycles. The summed E-state index contributed by atoms with van der Waals surface area (Å²) in [5.41, 5.74) is -0.877. The van der Waals surface area contributed by atoms with E-state index in [1.165, 1.54) is 24.1 Å². The van der Waals surface area contributed by atoms with Gasteiger partial charge in [-0.15, -0.1) is 0 Å². The second-order valence-electron chi connectivity index (χ2n) is 3.96. The van der Waals surface area contributed by atoms with Gasteiger partial charge in [-0.05, 0) is 12.6 Å². The Morgan fingerprint density at radius 1 is 1.00 bits per heavy atom. The largest absolute Gasteiger partial charge is 1.00 e. The monoisotopic (exact) mass is 333 g/mol. The molecular weight excluding hydrogens is 323 g/mol. The summed E-state index contributed by atoms with van der Waals surface area (Å²) in [6.45, 7) is -0.486. The molecule has 22 heavy (non-hydrogen) atoms. The molecule has 0 aliphatic carbocycles. The van der Waals surface area contributed by atoms with Crippen LogP contribution in [0.3, 0.4) is 0 Å². The number of aromatic carboxylic acids is 2. The van der Waals surface area contributed by atoms with Gasteiger partial charge in [0.25, 0.3) is 0 Å². The zero-order chi connectivity index (χ0) is 14.6. The van der Waals surface area contributed by atoms with E-state index in [-0.39, 0.29) is 101 Å². The summed E-state index contributed by atoms with van der Waals surface area (Å²) in [6.07, 6.45) is 0. The van der Waals surface area contributed by atoms with Crippen molar-refractivity contribution in [2.75, 3.05) is 13.6 Å². The smallest absolute Gasteiger partial charge is 0.549 e. The first-order chi connectivity index (χ1) is 8.82. The minimum atomic E-state index is -1.66. The number of carbonyl (C=O) groups excluding carboxylic acids is 3. The topological polar surface area (TPSA) is 124 Å². The molecule has 0 bridgehead atoms. The summed E-state index contributed by atoms with van der Waals surface area (Å²) < 4.78 is 0. The molecule has 1 aromatic carbocycles. The van der Waals surface area contributed by atoms with Crippen LogP contribution in [0.4, 0.5) is 0 Å². The van der Waals surface area contributed by atoms with Gasteiger partial charge in [-0.3, -0.25) is 4.90 Å². The van der Waals surface area contributed by atoms with Gasteiger partial charge in [0.2, 0.25) is 0 Å². The molecule has 0 N–H and O–H groups in total. The maximum Gasteiger partial charge on any atom is 1.00 e. The third kappa shape index (κ3) is 8.44. The first-order valence-electron chi connectivity index (χ1n) is 5.26. The number of likely N-dealkylation sites (N-methyl/N-ethyl adjacent to an activating group) is 1. The Bertz CT molecular complexity index is 538. The zero-order valence-electron chi connectivity index (χ0n) is 13.0. The average molecular weight is 333 g/mol. The number of benzene rings is 1. The molecule has 0 saturated carbocycles. The number of hydrogen-bond donors (Lipinski definition) is 0. The van der Waals surface area contributed by atoms with Crippen LogP contribution in [0.15, 0.2) is 18.2 Å². The van der Waals surface area contributed by atoms with E-state index in [1.54, 1.807) is 0 Å². The van der Waals surface area contributed by atoms with Gasteiger partial charge in [0, 0.05) is 24.2 Å². The Morgan fingerprint density at radius 3 is 1.95 bits per heavy atom. The number of carboxylic acids is 3. The number of hydrogen-bond acceptors (Lipinski definition) is 7. The molecule has 1 rings (SSSR count). The zero-order valence-corrected chi connectivity index (χ0v) is 19.0. The Balaban J connectivity index is -0.00000120. The molecule has 0 saturated heterocycles. The van der Waals surface area contributed by atoms with Crippen molar-refractivity contribution in [1.82, 2.24) is 4.90 Å². The van der Waals surface area contributed by atoms with Crippen LogP contribution in [0.5, 0.6) is 0 Å². The summed E-state index contributed by atoms with van der Waals surface area (Å²) in [6, 6.07) is 3.81. The summed E-state index contributed by atoms with van der Waals surface area (Å²) in [5, 5.41) is 32.2. The predicted molar refractivity (Wildman–Crippen MR) is 56.4 cm³/mol. The Kier molecular flexibility index (Phi) is 16.1. The third-order valence-electron chi connectivity index (χ3n) is 2.41. The molecule has 0 fully saturated rings. The molecule has 0 aromatic heterocycles. The van der Waals surface area contributed by atoms with E-state index < -0.39 is 35.6 Å². The van der Waals surface area contributed by atoms with E-state index in [0.717, 1.165) is 6.07 Å². The second-order valence-corrected chi connectivity index (χ2v) is 3.96. The van der Waals surface area contributed by atoms with E-state index in [4.69, 9.17) is 0 Å². The maximum absolute atomic E-state index is 11.0. The molecule has 7 nitrogen and oxygen atoms in total. The molecular formula is C12H10NNa3O6. The van der Waals surface area contributed by atoms with Crippen molar-refractivity contribution in [3.8, 4) is 0 Å². The summed E-state index contributed by atoms with van der Waals surface area (Å²) in [7, 11) is 1.43. The number of nitrogens with zero attached hydrogens (tertiary/aromatic N) is 1. The minimum Gasteiger partial charge on any atom is -0.549 e. The molecule has 0 unspecified atom stereocenters. The van der Waals surface area contributed by atoms with Crippen LogP contribution in [0.25, 0.3) is 0 Å². The van der Waals surface area contributed by atoms with Crippen molar-refractivity contribution < 1.29 is 118 Å². The number of rotatable bonds is 6. The molecule has 0 atom stereocenters. The van der Waals surface area contributed by atoms with Gasteiger partial charge >= 0.3 is 88.7 Å². The summed E-state index contributed by atoms with van der Waals surface area (Å²) in [4.78, 5) is 33.5. The fraction of sp³-hybridized carbons (Fsp3) is 0.250. The number of carbonyl (C=O) groups is 3. The molecule has 0 aliphatic rings. The van der Waals surface area contributed by atoms with Crippen molar-refractivity contribution in [2.24, 2.45) is 0 Å². The van der Waals surface area contributed by atoms with Crippen molar-refractivity contribution in [2.45, 2.75) is 6.54 Å². The van der Waals surface area contributed by atoms with Crippen LogP contribution in [-0.2, 0) is 11.3 Å². The van der Waals surface area contributed by atoms with Crippen LogP contribution >= 0.6 is 0 Å². The average Bonchev–Trinajstić information content (AvgIpc) is 2.26. The second kappa shape index (κ2) is 12.9. The maximum atomic E-state index is 11.0. The molecule has 1 aromatic rings. The van der Waals surface area contributed by atoms with Crippen molar-refractivity contribution >= 4 is 17.9 Å². The number of carboxylic acid groups (broad SMARTS) is 3. The van der Waals surface area contributed by atoms with Gasteiger partial charge in [-0.25, -0.2) is 0 Å². The fourth-order valence-corrected chi connectivity index (χ4v) is 1.71. The molecule has 0 amide bonds. The van der Waals surface area contributed by atoms with E-state index in [2.05, 4.69) is 0 Å². The van der Waals surface area contributed by atoms with Crippen LogP contribution in [-0.4, -0.2) is 36.4 Å². The Hall–Kier alpha value is 0.590. The van der Waals surface area contributed by atoms with Crippen molar-refractivity contribution in [3.63, 3.8) is 0 Å². The van der Waals surface area contributed by atoms with Gasteiger partial charge in [-0.1, -0.05) is 18.2 Å². The summed E-state index contributed by atoms with van der Waals surface area (Å²) in [5.74, 6) is -4.62. The normalized spacial score (nSPS) is 9.00. The minimum absolute atomic E-state index is 0. The standard InChI is InChI=1S/C12H13NO6.3Na/c1-13(6-9(14)15)5-7-3-2-4-8(11(16)17)10(7)12(18)19;;;/h2-4H,5-6H2,1H3,(H,14,15)(H,16,17)(H,18,19);;;/q;3*+1/p-3. The van der Waals surface area contributed by atoms with E-state index in [9.17, 15) is 29.7 Å². The van der Waals surface area contributed by atoms with Gasteiger partial charge in [-0.2, -0.15) is 0 Å². The van der Waals surface area contributed by atoms with Gasteiger partial charge < -0.3 is 29.7 Å². The van der Waals surface area contributed by atoms with Crippen molar-refractivity contribution in [1.29, 1.82) is 0 Å². The number of aliphatic carboxylic acids is 1. The Labute approximate surface area is 193 Å². The Morgan fingerprint density at radius 2 is 1.55 bits per heavy atom. The summed E-state index contributed by atoms with van der Waals surface area (Å²) >= 11 is 0. The van der Waals surface area contributed by atoms with Crippen LogP contribution in [0.2, 0.25) is 0 Å². The van der Waals surface area contributed by atoms with Gasteiger partial charge in [0.1, 0.15) is 0 Å². The van der Waals surface area contributed by atoms with E-state index in [0.29, 0.717) is 0 Å². The van der Waals surface area contributed by atoms with Crippen LogP contribution < -0.4 is 104 Å². The molecule has 0 spiro atoms. The van der Waals surface area contributed by atoms with E-state index in [1.807, 2.05) is 0 Å². The van der Waals surface area contributed by atoms with Gasteiger partial charge in [0.05, 0.1) is 17.9 Å². The molecule has 10 heteroatoms. The SMILES string of the molecule is CN(CC(=O)[O-])Cc1cccc(C(=O)[O-])c1C(=O)[O-].[Na+].[Na+].[Na+]. The quantitative estimate of drug-likeness (QED) is 0.474. The third-order valence-corrected chi connectivity index (χ3v) is 2.41.